The minimum atomic E-state index is -0.654. The van der Waals surface area contributed by atoms with E-state index in [4.69, 9.17) is 19.9 Å². The fourth-order valence-electron chi connectivity index (χ4n) is 3.32. The van der Waals surface area contributed by atoms with Crippen molar-refractivity contribution in [3.63, 3.8) is 0 Å². The van der Waals surface area contributed by atoms with Crippen molar-refractivity contribution in [1.82, 2.24) is 29.3 Å². The van der Waals surface area contributed by atoms with E-state index >= 15 is 0 Å². The van der Waals surface area contributed by atoms with Gasteiger partial charge in [0.15, 0.2) is 17.0 Å². The Morgan fingerprint density at radius 1 is 1.00 bits per heavy atom. The van der Waals surface area contributed by atoms with Gasteiger partial charge in [0.2, 0.25) is 0 Å². The van der Waals surface area contributed by atoms with Crippen molar-refractivity contribution in [3.8, 4) is 12.0 Å². The number of rotatable bonds is 10. The molecule has 2 N–H and O–H groups in total. The summed E-state index contributed by atoms with van der Waals surface area (Å²) in [5, 5.41) is 0. The van der Waals surface area contributed by atoms with Crippen LogP contribution in [0.4, 0.5) is 15.4 Å². The number of nitrogens with zero attached hydrogens (tertiary/aromatic N) is 6. The van der Waals surface area contributed by atoms with Gasteiger partial charge in [-0.25, -0.2) is 9.59 Å². The summed E-state index contributed by atoms with van der Waals surface area (Å²) in [6.07, 6.45) is 0.682. The van der Waals surface area contributed by atoms with E-state index in [1.807, 2.05) is 30.3 Å². The number of nitrogens with two attached hydrogens (primary N) is 1. The Morgan fingerprint density at radius 3 is 2.29 bits per heavy atom. The molecular formula is C26H37N7O5. The zero-order valence-corrected chi connectivity index (χ0v) is 22.9. The van der Waals surface area contributed by atoms with Crippen LogP contribution in [0.5, 0.6) is 12.0 Å². The fraction of sp³-hybridized carbons (Fsp3) is 0.500. The van der Waals surface area contributed by atoms with E-state index < -0.39 is 17.8 Å². The number of carbonyl (C=O) groups excluding carboxylic acids is 2. The smallest absolute Gasteiger partial charge is 0.417 e. The van der Waals surface area contributed by atoms with Gasteiger partial charge in [-0.15, -0.1) is 0 Å². The number of carbonyl (C=O) groups is 2. The lowest BCUT2D eigenvalue weighted by Crippen LogP contribution is -2.40. The maximum absolute atomic E-state index is 13.0. The largest absolute Gasteiger partial charge is 0.463 e. The Balaban J connectivity index is 1.81. The quantitative estimate of drug-likeness (QED) is 0.389. The number of likely N-dealkylation sites (N-methyl/N-ethyl adjacent to an activating group) is 2. The first kappa shape index (κ1) is 28.5. The van der Waals surface area contributed by atoms with Crippen molar-refractivity contribution in [2.45, 2.75) is 52.7 Å². The highest BCUT2D eigenvalue weighted by Gasteiger charge is 2.24. The molecule has 0 bridgehead atoms. The number of anilines is 1. The van der Waals surface area contributed by atoms with Crippen LogP contribution < -0.4 is 15.2 Å². The minimum absolute atomic E-state index is 0.0212. The summed E-state index contributed by atoms with van der Waals surface area (Å²) in [6.45, 7) is 8.69. The molecule has 0 spiro atoms. The van der Waals surface area contributed by atoms with Gasteiger partial charge in [-0.2, -0.15) is 15.0 Å². The molecule has 0 radical (unpaired) electrons. The zero-order valence-electron chi connectivity index (χ0n) is 22.9. The van der Waals surface area contributed by atoms with Gasteiger partial charge in [0.1, 0.15) is 5.60 Å². The Hall–Kier alpha value is -4.09. The Bertz CT molecular complexity index is 1240. The number of unbranched alkanes of at least 4 members (excludes halogenated alkanes) is 1. The highest BCUT2D eigenvalue weighted by Crippen LogP contribution is 2.27. The second kappa shape index (κ2) is 12.4. The second-order valence-electron chi connectivity index (χ2n) is 9.92. The number of aromatic nitrogens is 4. The molecule has 0 saturated carbocycles. The molecule has 3 rings (SSSR count). The van der Waals surface area contributed by atoms with Crippen LogP contribution >= 0.6 is 0 Å². The van der Waals surface area contributed by atoms with Crippen LogP contribution in [0.15, 0.2) is 30.3 Å². The third-order valence-electron chi connectivity index (χ3n) is 5.44. The maximum Gasteiger partial charge on any atom is 0.417 e. The van der Waals surface area contributed by atoms with Crippen LogP contribution in [0.3, 0.4) is 0 Å². The number of hydrogen-bond donors (Lipinski definition) is 1. The van der Waals surface area contributed by atoms with Gasteiger partial charge in [0.05, 0.1) is 13.2 Å². The predicted octanol–water partition coefficient (Wildman–Crippen LogP) is 3.93. The number of benzene rings is 1. The maximum atomic E-state index is 13.0. The summed E-state index contributed by atoms with van der Waals surface area (Å²) >= 11 is 0. The summed E-state index contributed by atoms with van der Waals surface area (Å²) < 4.78 is 18.4. The average molecular weight is 528 g/mol. The van der Waals surface area contributed by atoms with Gasteiger partial charge in [-0.05, 0) is 32.8 Å². The number of ether oxygens (including phenoxy) is 3. The third kappa shape index (κ3) is 7.70. The summed E-state index contributed by atoms with van der Waals surface area (Å²) in [5.41, 5.74) is 7.20. The topological polar surface area (TPSA) is 138 Å². The van der Waals surface area contributed by atoms with Crippen LogP contribution in [-0.4, -0.2) is 80.9 Å². The van der Waals surface area contributed by atoms with Gasteiger partial charge >= 0.3 is 24.2 Å². The standard InChI is InChI=1S/C26H37N7O5/c1-7-8-16-36-22-29-20(27)19-21(30-22)33(17-18-12-10-9-11-13-18)23(28-19)37-24(34)31(5)14-15-32(6)25(35)38-26(2,3)4/h9-13H,7-8,14-17H2,1-6H3,(H2,27,29,30). The second-order valence-corrected chi connectivity index (χ2v) is 9.92. The van der Waals surface area contributed by atoms with E-state index in [1.54, 1.807) is 39.4 Å². The highest BCUT2D eigenvalue weighted by molar-refractivity contribution is 5.84. The van der Waals surface area contributed by atoms with Crippen molar-refractivity contribution in [3.05, 3.63) is 35.9 Å². The molecule has 0 fully saturated rings. The first-order chi connectivity index (χ1) is 18.0. The lowest BCUT2D eigenvalue weighted by molar-refractivity contribution is 0.0287. The molecule has 0 saturated heterocycles. The van der Waals surface area contributed by atoms with Crippen LogP contribution in [-0.2, 0) is 11.3 Å². The first-order valence-electron chi connectivity index (χ1n) is 12.6. The number of hydrogen-bond acceptors (Lipinski definition) is 9. The molecule has 2 amide bonds. The highest BCUT2D eigenvalue weighted by atomic mass is 16.6. The molecule has 0 aliphatic carbocycles. The third-order valence-corrected chi connectivity index (χ3v) is 5.44. The summed E-state index contributed by atoms with van der Waals surface area (Å²) in [5.74, 6) is 0.123. The van der Waals surface area contributed by atoms with Crippen molar-refractivity contribution in [2.75, 3.05) is 39.5 Å². The predicted molar refractivity (Wildman–Crippen MR) is 143 cm³/mol. The molecule has 0 aliphatic heterocycles. The normalized spacial score (nSPS) is 11.3. The summed E-state index contributed by atoms with van der Waals surface area (Å²) in [6, 6.07) is 9.79. The monoisotopic (exact) mass is 527 g/mol. The van der Waals surface area contributed by atoms with Gasteiger partial charge in [0, 0.05) is 27.2 Å². The number of amides is 2. The first-order valence-corrected chi connectivity index (χ1v) is 12.6. The molecular weight excluding hydrogens is 490 g/mol. The fourth-order valence-corrected chi connectivity index (χ4v) is 3.32. The molecule has 206 valence electrons. The van der Waals surface area contributed by atoms with Gasteiger partial charge in [-0.3, -0.25) is 4.57 Å². The summed E-state index contributed by atoms with van der Waals surface area (Å²) in [4.78, 5) is 41.1. The lowest BCUT2D eigenvalue weighted by Gasteiger charge is -2.26. The van der Waals surface area contributed by atoms with Gasteiger partial charge in [-0.1, -0.05) is 43.7 Å². The average Bonchev–Trinajstić information content (AvgIpc) is 3.19. The van der Waals surface area contributed by atoms with Crippen LogP contribution in [0, 0.1) is 0 Å². The van der Waals surface area contributed by atoms with Crippen molar-refractivity contribution in [1.29, 1.82) is 0 Å². The van der Waals surface area contributed by atoms with Crippen LogP contribution in [0.2, 0.25) is 0 Å². The van der Waals surface area contributed by atoms with E-state index in [9.17, 15) is 9.59 Å². The molecule has 0 atom stereocenters. The molecule has 38 heavy (non-hydrogen) atoms. The molecule has 1 aromatic carbocycles. The van der Waals surface area contributed by atoms with E-state index in [2.05, 4.69) is 21.9 Å². The van der Waals surface area contributed by atoms with E-state index in [-0.39, 0.29) is 30.9 Å². The number of imidazole rings is 1. The van der Waals surface area contributed by atoms with Gasteiger partial charge in [0.25, 0.3) is 0 Å². The SMILES string of the molecule is CCCCOc1nc(N)c2nc(OC(=O)N(C)CCN(C)C(=O)OC(C)(C)C)n(Cc3ccccc3)c2n1. The molecule has 3 aromatic rings. The Kier molecular flexibility index (Phi) is 9.32. The van der Waals surface area contributed by atoms with Crippen molar-refractivity contribution < 1.29 is 23.8 Å². The van der Waals surface area contributed by atoms with E-state index in [1.165, 1.54) is 9.80 Å². The molecule has 12 nitrogen and oxygen atoms in total. The van der Waals surface area contributed by atoms with Crippen LogP contribution in [0.1, 0.15) is 46.1 Å². The molecule has 2 aromatic heterocycles. The summed E-state index contributed by atoms with van der Waals surface area (Å²) in [7, 11) is 3.18. The van der Waals surface area contributed by atoms with E-state index in [0.29, 0.717) is 24.3 Å². The minimum Gasteiger partial charge on any atom is -0.463 e. The van der Waals surface area contributed by atoms with Crippen molar-refractivity contribution in [2.24, 2.45) is 0 Å². The van der Waals surface area contributed by atoms with Crippen molar-refractivity contribution >= 4 is 29.2 Å². The molecule has 12 heteroatoms. The van der Waals surface area contributed by atoms with Gasteiger partial charge < -0.3 is 29.7 Å². The van der Waals surface area contributed by atoms with E-state index in [0.717, 1.165) is 18.4 Å². The molecule has 2 heterocycles. The lowest BCUT2D eigenvalue weighted by atomic mass is 10.2. The molecule has 0 unspecified atom stereocenters. The number of fused-ring (bicyclic) bond motifs is 1. The zero-order chi connectivity index (χ0) is 27.9. The Morgan fingerprint density at radius 2 is 1.66 bits per heavy atom. The molecule has 0 aliphatic rings. The Labute approximate surface area is 222 Å². The van der Waals surface area contributed by atoms with Crippen LogP contribution in [0.25, 0.3) is 11.2 Å². The number of nitrogen functional groups attached to an aromatic ring is 1.